The highest BCUT2D eigenvalue weighted by molar-refractivity contribution is 5.64. The molecule has 3 aromatic rings. The molecule has 0 bridgehead atoms. The molecule has 1 heterocycles. The van der Waals surface area contributed by atoms with Gasteiger partial charge in [0, 0.05) is 24.2 Å². The van der Waals surface area contributed by atoms with Crippen LogP contribution in [0.1, 0.15) is 18.4 Å². The van der Waals surface area contributed by atoms with Gasteiger partial charge < -0.3 is 10.6 Å². The molecule has 0 spiro atoms. The maximum absolute atomic E-state index is 4.70. The Morgan fingerprint density at radius 1 is 0.880 bits per heavy atom. The van der Waals surface area contributed by atoms with E-state index in [-0.39, 0.29) is 0 Å². The van der Waals surface area contributed by atoms with Crippen molar-refractivity contribution in [2.45, 2.75) is 25.3 Å². The Kier molecular flexibility index (Phi) is 4.59. The zero-order valence-electron chi connectivity index (χ0n) is 14.2. The first-order valence-corrected chi connectivity index (χ1v) is 8.86. The molecule has 4 rings (SSSR count). The number of aromatic nitrogens is 2. The molecule has 4 nitrogen and oxygen atoms in total. The van der Waals surface area contributed by atoms with Crippen molar-refractivity contribution in [2.75, 3.05) is 17.2 Å². The van der Waals surface area contributed by atoms with Crippen LogP contribution in [0.15, 0.2) is 66.7 Å². The quantitative estimate of drug-likeness (QED) is 0.675. The molecule has 0 atom stereocenters. The van der Waals surface area contributed by atoms with Crippen molar-refractivity contribution in [2.24, 2.45) is 0 Å². The van der Waals surface area contributed by atoms with Crippen LogP contribution in [-0.2, 0) is 6.42 Å². The minimum atomic E-state index is 0.565. The monoisotopic (exact) mass is 330 g/mol. The average molecular weight is 330 g/mol. The SMILES string of the molecule is c1ccc(CCNc2nc(NC3CC3)cc(-c3ccccc3)n2)cc1. The van der Waals surface area contributed by atoms with Crippen LogP contribution in [0, 0.1) is 0 Å². The second-order valence-corrected chi connectivity index (χ2v) is 6.41. The molecule has 2 aromatic carbocycles. The fourth-order valence-corrected chi connectivity index (χ4v) is 2.76. The van der Waals surface area contributed by atoms with Gasteiger partial charge in [-0.05, 0) is 24.8 Å². The number of rotatable bonds is 7. The predicted octanol–water partition coefficient (Wildman–Crippen LogP) is 4.37. The molecule has 0 unspecified atom stereocenters. The third-order valence-corrected chi connectivity index (χ3v) is 4.26. The van der Waals surface area contributed by atoms with E-state index >= 15 is 0 Å². The van der Waals surface area contributed by atoms with Gasteiger partial charge in [-0.25, -0.2) is 4.98 Å². The van der Waals surface area contributed by atoms with Gasteiger partial charge in [-0.3, -0.25) is 0 Å². The summed E-state index contributed by atoms with van der Waals surface area (Å²) in [6.07, 6.45) is 3.40. The van der Waals surface area contributed by atoms with Crippen molar-refractivity contribution in [1.29, 1.82) is 0 Å². The summed E-state index contributed by atoms with van der Waals surface area (Å²) < 4.78 is 0. The van der Waals surface area contributed by atoms with Crippen molar-refractivity contribution in [3.05, 3.63) is 72.3 Å². The minimum absolute atomic E-state index is 0.565. The van der Waals surface area contributed by atoms with Crippen molar-refractivity contribution in [3.63, 3.8) is 0 Å². The summed E-state index contributed by atoms with van der Waals surface area (Å²) >= 11 is 0. The van der Waals surface area contributed by atoms with Crippen LogP contribution in [0.5, 0.6) is 0 Å². The second-order valence-electron chi connectivity index (χ2n) is 6.41. The molecule has 1 aliphatic rings. The first kappa shape index (κ1) is 15.6. The Bertz CT molecular complexity index is 814. The third-order valence-electron chi connectivity index (χ3n) is 4.26. The lowest BCUT2D eigenvalue weighted by Gasteiger charge is -2.11. The fraction of sp³-hybridized carbons (Fsp3) is 0.238. The van der Waals surface area contributed by atoms with E-state index in [0.29, 0.717) is 12.0 Å². The Morgan fingerprint density at radius 3 is 2.32 bits per heavy atom. The van der Waals surface area contributed by atoms with Crippen LogP contribution in [-0.4, -0.2) is 22.6 Å². The maximum atomic E-state index is 4.70. The van der Waals surface area contributed by atoms with Crippen molar-refractivity contribution < 1.29 is 0 Å². The molecule has 1 saturated carbocycles. The number of nitrogens with zero attached hydrogens (tertiary/aromatic N) is 2. The van der Waals surface area contributed by atoms with Gasteiger partial charge in [-0.2, -0.15) is 4.98 Å². The topological polar surface area (TPSA) is 49.8 Å². The van der Waals surface area contributed by atoms with Crippen LogP contribution in [0.2, 0.25) is 0 Å². The van der Waals surface area contributed by atoms with E-state index in [4.69, 9.17) is 4.98 Å². The van der Waals surface area contributed by atoms with Crippen molar-refractivity contribution in [1.82, 2.24) is 9.97 Å². The molecule has 0 amide bonds. The van der Waals surface area contributed by atoms with Crippen LogP contribution in [0.3, 0.4) is 0 Å². The summed E-state index contributed by atoms with van der Waals surface area (Å²) in [6, 6.07) is 23.3. The Hall–Kier alpha value is -2.88. The fourth-order valence-electron chi connectivity index (χ4n) is 2.76. The average Bonchev–Trinajstić information content (AvgIpc) is 3.47. The number of nitrogens with one attached hydrogen (secondary N) is 2. The molecule has 4 heteroatoms. The lowest BCUT2D eigenvalue weighted by molar-refractivity contribution is 0.981. The van der Waals surface area contributed by atoms with Gasteiger partial charge in [-0.1, -0.05) is 60.7 Å². The molecule has 0 radical (unpaired) electrons. The first-order valence-electron chi connectivity index (χ1n) is 8.86. The first-order chi connectivity index (χ1) is 12.4. The highest BCUT2D eigenvalue weighted by Crippen LogP contribution is 2.27. The normalized spacial score (nSPS) is 13.4. The molecular formula is C21H22N4. The van der Waals surface area contributed by atoms with Crippen LogP contribution >= 0.6 is 0 Å². The van der Waals surface area contributed by atoms with Gasteiger partial charge in [-0.15, -0.1) is 0 Å². The lowest BCUT2D eigenvalue weighted by atomic mass is 10.1. The molecule has 0 aliphatic heterocycles. The van der Waals surface area contributed by atoms with E-state index in [0.717, 1.165) is 30.0 Å². The Balaban J connectivity index is 1.51. The van der Waals surface area contributed by atoms with E-state index in [2.05, 4.69) is 52.0 Å². The summed E-state index contributed by atoms with van der Waals surface area (Å²) in [6.45, 7) is 0.811. The summed E-state index contributed by atoms with van der Waals surface area (Å²) in [5.74, 6) is 1.58. The Morgan fingerprint density at radius 2 is 1.60 bits per heavy atom. The zero-order valence-corrected chi connectivity index (χ0v) is 14.2. The predicted molar refractivity (Wildman–Crippen MR) is 103 cm³/mol. The Labute approximate surface area is 148 Å². The summed E-state index contributed by atoms with van der Waals surface area (Å²) in [7, 11) is 0. The van der Waals surface area contributed by atoms with Crippen LogP contribution in [0.25, 0.3) is 11.3 Å². The van der Waals surface area contributed by atoms with Gasteiger partial charge >= 0.3 is 0 Å². The standard InChI is InChI=1S/C21H22N4/c1-3-7-16(8-4-1)13-14-22-21-24-19(17-9-5-2-6-10-17)15-20(25-21)23-18-11-12-18/h1-10,15,18H,11-14H2,(H2,22,23,24,25). The van der Waals surface area contributed by atoms with E-state index in [1.165, 1.54) is 18.4 Å². The van der Waals surface area contributed by atoms with E-state index < -0.39 is 0 Å². The summed E-state index contributed by atoms with van der Waals surface area (Å²) in [5.41, 5.74) is 3.36. The van der Waals surface area contributed by atoms with E-state index in [9.17, 15) is 0 Å². The highest BCUT2D eigenvalue weighted by atomic mass is 15.2. The van der Waals surface area contributed by atoms with Gasteiger partial charge in [0.2, 0.25) is 5.95 Å². The number of hydrogen-bond acceptors (Lipinski definition) is 4. The summed E-state index contributed by atoms with van der Waals surface area (Å²) in [4.78, 5) is 9.34. The summed E-state index contributed by atoms with van der Waals surface area (Å²) in [5, 5.41) is 6.86. The van der Waals surface area contributed by atoms with E-state index in [1.807, 2.05) is 30.3 Å². The second kappa shape index (κ2) is 7.34. The third kappa shape index (κ3) is 4.35. The molecule has 126 valence electrons. The molecule has 1 fully saturated rings. The van der Waals surface area contributed by atoms with Crippen LogP contribution in [0.4, 0.5) is 11.8 Å². The smallest absolute Gasteiger partial charge is 0.225 e. The van der Waals surface area contributed by atoms with E-state index in [1.54, 1.807) is 0 Å². The molecule has 1 aliphatic carbocycles. The molecule has 0 saturated heterocycles. The van der Waals surface area contributed by atoms with Gasteiger partial charge in [0.15, 0.2) is 0 Å². The van der Waals surface area contributed by atoms with Crippen LogP contribution < -0.4 is 10.6 Å². The number of anilines is 2. The van der Waals surface area contributed by atoms with Gasteiger partial charge in [0.1, 0.15) is 5.82 Å². The molecule has 1 aromatic heterocycles. The molecule has 2 N–H and O–H groups in total. The van der Waals surface area contributed by atoms with Crippen molar-refractivity contribution in [3.8, 4) is 11.3 Å². The largest absolute Gasteiger partial charge is 0.367 e. The van der Waals surface area contributed by atoms with Gasteiger partial charge in [0.25, 0.3) is 0 Å². The highest BCUT2D eigenvalue weighted by Gasteiger charge is 2.22. The van der Waals surface area contributed by atoms with Gasteiger partial charge in [0.05, 0.1) is 5.69 Å². The lowest BCUT2D eigenvalue weighted by Crippen LogP contribution is -2.11. The molecular weight excluding hydrogens is 308 g/mol. The number of benzene rings is 2. The minimum Gasteiger partial charge on any atom is -0.367 e. The maximum Gasteiger partial charge on any atom is 0.225 e. The number of hydrogen-bond donors (Lipinski definition) is 2. The molecule has 25 heavy (non-hydrogen) atoms. The zero-order chi connectivity index (χ0) is 16.9. The van der Waals surface area contributed by atoms with Crippen molar-refractivity contribution >= 4 is 11.8 Å².